The lowest BCUT2D eigenvalue weighted by Crippen LogP contribution is -2.40. The maximum atomic E-state index is 11.8. The molecule has 134 valence electrons. The van der Waals surface area contributed by atoms with Gasteiger partial charge in [0.25, 0.3) is 0 Å². The summed E-state index contributed by atoms with van der Waals surface area (Å²) in [7, 11) is 0. The molecule has 25 heavy (non-hydrogen) atoms. The summed E-state index contributed by atoms with van der Waals surface area (Å²) in [6.45, 7) is 4.57. The van der Waals surface area contributed by atoms with Gasteiger partial charge in [-0.15, -0.1) is 0 Å². The van der Waals surface area contributed by atoms with Crippen LogP contribution in [0.25, 0.3) is 0 Å². The third kappa shape index (κ3) is 5.63. The van der Waals surface area contributed by atoms with E-state index >= 15 is 0 Å². The first-order chi connectivity index (χ1) is 12.0. The molecule has 2 aromatic rings. The normalized spacial score (nSPS) is 16.1. The molecular weight excluding hydrogens is 322 g/mol. The molecule has 3 rings (SSSR count). The van der Waals surface area contributed by atoms with Gasteiger partial charge in [0.2, 0.25) is 0 Å². The van der Waals surface area contributed by atoms with E-state index in [1.165, 1.54) is 4.90 Å². The molecule has 1 saturated heterocycles. The number of hydrogen-bond acceptors (Lipinski definition) is 4. The molecule has 1 atom stereocenters. The lowest BCUT2D eigenvalue weighted by Gasteiger charge is -2.20. The Kier molecular flexibility index (Phi) is 6.56. The number of aromatic amines is 1. The molecule has 1 aromatic carbocycles. The largest absolute Gasteiger partial charge is 0.480 e. The molecule has 7 nitrogen and oxygen atoms in total. The molecule has 2 heterocycles. The maximum Gasteiger partial charge on any atom is 0.410 e. The van der Waals surface area contributed by atoms with Crippen molar-refractivity contribution in [2.75, 3.05) is 6.54 Å². The van der Waals surface area contributed by atoms with Crippen molar-refractivity contribution < 1.29 is 19.4 Å². The van der Waals surface area contributed by atoms with Gasteiger partial charge in [-0.1, -0.05) is 30.3 Å². The topological polar surface area (TPSA) is 95.5 Å². The predicted molar refractivity (Wildman–Crippen MR) is 92.1 cm³/mol. The third-order valence-electron chi connectivity index (χ3n) is 3.81. The van der Waals surface area contributed by atoms with Crippen LogP contribution in [0.1, 0.15) is 29.8 Å². The van der Waals surface area contributed by atoms with Crippen molar-refractivity contribution in [1.82, 2.24) is 15.1 Å². The van der Waals surface area contributed by atoms with Crippen molar-refractivity contribution >= 4 is 12.1 Å². The number of rotatable bonds is 3. The standard InChI is InChI=1S/C13H15NO4.C5H8N2/c15-12(16)11-7-4-8-14(11)13(17)18-9-10-5-2-1-3-6-10;1-4-3-5(2)7-6-4/h1-3,5-6,11H,4,7-9H2,(H,15,16);3H,1-2H3,(H,6,7). The van der Waals surface area contributed by atoms with Crippen LogP contribution in [-0.2, 0) is 16.1 Å². The number of benzene rings is 1. The summed E-state index contributed by atoms with van der Waals surface area (Å²) in [6.07, 6.45) is 0.649. The van der Waals surface area contributed by atoms with E-state index in [0.29, 0.717) is 19.4 Å². The number of carboxylic acid groups (broad SMARTS) is 1. The summed E-state index contributed by atoms with van der Waals surface area (Å²) in [5.41, 5.74) is 3.06. The molecular formula is C18H23N3O4. The van der Waals surface area contributed by atoms with Gasteiger partial charge in [-0.2, -0.15) is 5.10 Å². The molecule has 0 aliphatic carbocycles. The zero-order valence-corrected chi connectivity index (χ0v) is 14.4. The molecule has 0 saturated carbocycles. The van der Waals surface area contributed by atoms with Gasteiger partial charge in [-0.05, 0) is 38.3 Å². The number of carboxylic acids is 1. The summed E-state index contributed by atoms with van der Waals surface area (Å²) >= 11 is 0. The van der Waals surface area contributed by atoms with Gasteiger partial charge in [0.05, 0.1) is 5.69 Å². The molecule has 7 heteroatoms. The van der Waals surface area contributed by atoms with Crippen molar-refractivity contribution in [1.29, 1.82) is 0 Å². The Morgan fingerprint density at radius 2 is 2.04 bits per heavy atom. The van der Waals surface area contributed by atoms with Crippen LogP contribution in [0, 0.1) is 13.8 Å². The van der Waals surface area contributed by atoms with Gasteiger partial charge in [0.15, 0.2) is 0 Å². The predicted octanol–water partition coefficient (Wildman–Crippen LogP) is 2.90. The van der Waals surface area contributed by atoms with E-state index in [9.17, 15) is 9.59 Å². The van der Waals surface area contributed by atoms with Gasteiger partial charge in [-0.25, -0.2) is 9.59 Å². The van der Waals surface area contributed by atoms with Crippen LogP contribution in [0.5, 0.6) is 0 Å². The van der Waals surface area contributed by atoms with E-state index in [1.54, 1.807) is 0 Å². The Bertz CT molecular complexity index is 683. The van der Waals surface area contributed by atoms with Crippen molar-refractivity contribution in [3.05, 3.63) is 53.3 Å². The fourth-order valence-electron chi connectivity index (χ4n) is 2.60. The van der Waals surface area contributed by atoms with Gasteiger partial charge >= 0.3 is 12.1 Å². The number of aromatic nitrogens is 2. The van der Waals surface area contributed by atoms with Crippen LogP contribution in [0.3, 0.4) is 0 Å². The number of likely N-dealkylation sites (tertiary alicyclic amines) is 1. The highest BCUT2D eigenvalue weighted by atomic mass is 16.6. The minimum atomic E-state index is -0.968. The number of nitrogens with zero attached hydrogens (tertiary/aromatic N) is 2. The average Bonchev–Trinajstić information content (AvgIpc) is 3.23. The highest BCUT2D eigenvalue weighted by Gasteiger charge is 2.34. The number of hydrogen-bond donors (Lipinski definition) is 2. The summed E-state index contributed by atoms with van der Waals surface area (Å²) in [5, 5.41) is 15.7. The first-order valence-corrected chi connectivity index (χ1v) is 8.16. The first kappa shape index (κ1) is 18.5. The Morgan fingerprint density at radius 3 is 2.56 bits per heavy atom. The Hall–Kier alpha value is -2.83. The quantitative estimate of drug-likeness (QED) is 0.892. The van der Waals surface area contributed by atoms with E-state index in [1.807, 2.05) is 50.2 Å². The number of amides is 1. The van der Waals surface area contributed by atoms with Crippen LogP contribution < -0.4 is 0 Å². The second-order valence-corrected chi connectivity index (χ2v) is 5.92. The first-order valence-electron chi connectivity index (χ1n) is 8.16. The summed E-state index contributed by atoms with van der Waals surface area (Å²) in [6, 6.07) is 10.6. The van der Waals surface area contributed by atoms with Gasteiger partial charge < -0.3 is 9.84 Å². The van der Waals surface area contributed by atoms with Crippen molar-refractivity contribution in [3.63, 3.8) is 0 Å². The maximum absolute atomic E-state index is 11.8. The van der Waals surface area contributed by atoms with Crippen LogP contribution in [0.4, 0.5) is 4.79 Å². The monoisotopic (exact) mass is 345 g/mol. The molecule has 2 N–H and O–H groups in total. The molecule has 1 aliphatic rings. The average molecular weight is 345 g/mol. The van der Waals surface area contributed by atoms with E-state index in [0.717, 1.165) is 17.0 Å². The SMILES string of the molecule is Cc1cc(C)[nH]n1.O=C(O)C1CCCN1C(=O)OCc1ccccc1. The number of aliphatic carboxylic acids is 1. The second kappa shape index (κ2) is 8.86. The Morgan fingerprint density at radius 1 is 1.32 bits per heavy atom. The molecule has 1 unspecified atom stereocenters. The lowest BCUT2D eigenvalue weighted by atomic mass is 10.2. The van der Waals surface area contributed by atoms with Crippen LogP contribution in [0.2, 0.25) is 0 Å². The molecule has 1 amide bonds. The van der Waals surface area contributed by atoms with Gasteiger partial charge in [0.1, 0.15) is 12.6 Å². The number of carbonyl (C=O) groups is 2. The third-order valence-corrected chi connectivity index (χ3v) is 3.81. The minimum absolute atomic E-state index is 0.169. The summed E-state index contributed by atoms with van der Waals surface area (Å²) < 4.78 is 5.12. The van der Waals surface area contributed by atoms with Crippen molar-refractivity contribution in [2.45, 2.75) is 39.3 Å². The van der Waals surface area contributed by atoms with Crippen molar-refractivity contribution in [3.8, 4) is 0 Å². The zero-order valence-electron chi connectivity index (χ0n) is 14.4. The molecule has 1 fully saturated rings. The molecule has 0 spiro atoms. The van der Waals surface area contributed by atoms with Crippen molar-refractivity contribution in [2.24, 2.45) is 0 Å². The molecule has 1 aromatic heterocycles. The summed E-state index contributed by atoms with van der Waals surface area (Å²) in [5.74, 6) is -0.968. The van der Waals surface area contributed by atoms with Crippen LogP contribution in [0.15, 0.2) is 36.4 Å². The molecule has 1 aliphatic heterocycles. The lowest BCUT2D eigenvalue weighted by molar-refractivity contribution is -0.141. The van der Waals surface area contributed by atoms with Gasteiger partial charge in [-0.3, -0.25) is 10.00 Å². The highest BCUT2D eigenvalue weighted by molar-refractivity contribution is 5.80. The Labute approximate surface area is 146 Å². The second-order valence-electron chi connectivity index (χ2n) is 5.92. The van der Waals surface area contributed by atoms with Crippen LogP contribution >= 0.6 is 0 Å². The number of H-pyrrole nitrogens is 1. The number of carbonyl (C=O) groups excluding carboxylic acids is 1. The Balaban J connectivity index is 0.000000269. The molecule has 0 radical (unpaired) electrons. The van der Waals surface area contributed by atoms with E-state index in [-0.39, 0.29) is 6.61 Å². The number of ether oxygens (including phenoxy) is 1. The van der Waals surface area contributed by atoms with Crippen LogP contribution in [-0.4, -0.2) is 44.9 Å². The zero-order chi connectivity index (χ0) is 18.2. The smallest absolute Gasteiger partial charge is 0.410 e. The minimum Gasteiger partial charge on any atom is -0.480 e. The number of nitrogens with one attached hydrogen (secondary N) is 1. The van der Waals surface area contributed by atoms with Gasteiger partial charge in [0, 0.05) is 12.2 Å². The fraction of sp³-hybridized carbons (Fsp3) is 0.389. The fourth-order valence-corrected chi connectivity index (χ4v) is 2.60. The van der Waals surface area contributed by atoms with E-state index in [2.05, 4.69) is 10.2 Å². The van der Waals surface area contributed by atoms with E-state index < -0.39 is 18.1 Å². The highest BCUT2D eigenvalue weighted by Crippen LogP contribution is 2.18. The van der Waals surface area contributed by atoms with E-state index in [4.69, 9.17) is 9.84 Å². The number of aryl methyl sites for hydroxylation is 2. The summed E-state index contributed by atoms with van der Waals surface area (Å²) in [4.78, 5) is 24.0. The molecule has 0 bridgehead atoms.